The summed E-state index contributed by atoms with van der Waals surface area (Å²) in [6, 6.07) is 14.9. The van der Waals surface area contributed by atoms with E-state index >= 15 is 0 Å². The Hall–Kier alpha value is -2.75. The third-order valence-electron chi connectivity index (χ3n) is 3.43. The Balaban J connectivity index is 1.73. The van der Waals surface area contributed by atoms with Gasteiger partial charge in [-0.25, -0.2) is 0 Å². The molecule has 106 valence electrons. The third kappa shape index (κ3) is 2.89. The predicted molar refractivity (Wildman–Crippen MR) is 82.4 cm³/mol. The fraction of sp³-hybridized carbons (Fsp3) is 0.118. The van der Waals surface area contributed by atoms with Gasteiger partial charge < -0.3 is 15.0 Å². The highest BCUT2D eigenvalue weighted by molar-refractivity contribution is 6.01. The van der Waals surface area contributed by atoms with Gasteiger partial charge in [0.25, 0.3) is 5.91 Å². The Morgan fingerprint density at radius 2 is 1.71 bits per heavy atom. The second-order valence-corrected chi connectivity index (χ2v) is 4.89. The molecular weight excluding hydrogens is 264 g/mol. The maximum Gasteiger partial charge on any atom is 0.255 e. The molecule has 21 heavy (non-hydrogen) atoms. The zero-order chi connectivity index (χ0) is 14.7. The number of hydrogen-bond donors (Lipinski definition) is 2. The van der Waals surface area contributed by atoms with E-state index in [-0.39, 0.29) is 11.7 Å². The summed E-state index contributed by atoms with van der Waals surface area (Å²) in [6.07, 6.45) is 3.89. The van der Waals surface area contributed by atoms with Gasteiger partial charge in [-0.1, -0.05) is 24.3 Å². The first-order valence-corrected chi connectivity index (χ1v) is 6.85. The van der Waals surface area contributed by atoms with Gasteiger partial charge in [-0.3, -0.25) is 4.79 Å². The van der Waals surface area contributed by atoms with Crippen LogP contribution in [0.15, 0.2) is 60.9 Å². The zero-order valence-corrected chi connectivity index (χ0v) is 11.5. The van der Waals surface area contributed by atoms with Crippen LogP contribution >= 0.6 is 0 Å². The number of phenols is 1. The molecule has 0 aliphatic carbocycles. The van der Waals surface area contributed by atoms with Crippen molar-refractivity contribution in [2.75, 3.05) is 6.54 Å². The molecule has 1 aromatic heterocycles. The van der Waals surface area contributed by atoms with E-state index in [4.69, 9.17) is 0 Å². The minimum atomic E-state index is -0.259. The number of rotatable bonds is 4. The van der Waals surface area contributed by atoms with E-state index in [9.17, 15) is 9.90 Å². The average molecular weight is 280 g/mol. The van der Waals surface area contributed by atoms with Gasteiger partial charge in [0.05, 0.1) is 5.56 Å². The number of aromatic hydroxyl groups is 1. The molecule has 2 N–H and O–H groups in total. The van der Waals surface area contributed by atoms with Crippen molar-refractivity contribution in [1.29, 1.82) is 0 Å². The minimum absolute atomic E-state index is 0.00663. The van der Waals surface area contributed by atoms with Crippen LogP contribution in [0, 0.1) is 0 Å². The molecule has 0 saturated heterocycles. The number of nitrogens with one attached hydrogen (secondary N) is 1. The fourth-order valence-corrected chi connectivity index (χ4v) is 2.32. The van der Waals surface area contributed by atoms with E-state index in [0.717, 1.165) is 10.8 Å². The molecule has 0 atom stereocenters. The molecule has 1 amide bonds. The van der Waals surface area contributed by atoms with Gasteiger partial charge in [0.1, 0.15) is 5.75 Å². The Kier molecular flexibility index (Phi) is 3.60. The normalized spacial score (nSPS) is 10.7. The lowest BCUT2D eigenvalue weighted by atomic mass is 10.1. The van der Waals surface area contributed by atoms with Crippen LogP contribution in [0.5, 0.6) is 5.75 Å². The summed E-state index contributed by atoms with van der Waals surface area (Å²) in [6.45, 7) is 1.22. The summed E-state index contributed by atoms with van der Waals surface area (Å²) in [5, 5.41) is 14.7. The third-order valence-corrected chi connectivity index (χ3v) is 3.43. The smallest absolute Gasteiger partial charge is 0.255 e. The number of carbonyl (C=O) groups excluding carboxylic acids is 1. The van der Waals surface area contributed by atoms with Crippen molar-refractivity contribution in [3.8, 4) is 5.75 Å². The van der Waals surface area contributed by atoms with E-state index in [2.05, 4.69) is 5.32 Å². The Morgan fingerprint density at radius 1 is 1.05 bits per heavy atom. The lowest BCUT2D eigenvalue weighted by Gasteiger charge is -2.09. The molecule has 0 fully saturated rings. The second kappa shape index (κ2) is 5.71. The van der Waals surface area contributed by atoms with Crippen LogP contribution in [0.1, 0.15) is 10.4 Å². The fourth-order valence-electron chi connectivity index (χ4n) is 2.32. The van der Waals surface area contributed by atoms with Crippen LogP contribution in [0.4, 0.5) is 0 Å². The number of hydrogen-bond acceptors (Lipinski definition) is 2. The molecule has 3 aromatic rings. The molecule has 4 heteroatoms. The Bertz CT molecular complexity index is 764. The lowest BCUT2D eigenvalue weighted by Crippen LogP contribution is -2.27. The first-order chi connectivity index (χ1) is 10.2. The van der Waals surface area contributed by atoms with E-state index in [0.29, 0.717) is 18.7 Å². The van der Waals surface area contributed by atoms with Crippen LogP contribution in [0.2, 0.25) is 0 Å². The van der Waals surface area contributed by atoms with Crippen LogP contribution in [-0.4, -0.2) is 22.1 Å². The van der Waals surface area contributed by atoms with Crippen LogP contribution in [-0.2, 0) is 6.54 Å². The predicted octanol–water partition coefficient (Wildman–Crippen LogP) is 2.78. The highest BCUT2D eigenvalue weighted by Gasteiger charge is 2.11. The van der Waals surface area contributed by atoms with Gasteiger partial charge in [-0.2, -0.15) is 0 Å². The van der Waals surface area contributed by atoms with Crippen LogP contribution in [0.3, 0.4) is 0 Å². The van der Waals surface area contributed by atoms with E-state index in [1.807, 2.05) is 53.4 Å². The molecule has 0 saturated carbocycles. The van der Waals surface area contributed by atoms with Gasteiger partial charge in [-0.15, -0.1) is 0 Å². The first-order valence-electron chi connectivity index (χ1n) is 6.85. The molecule has 0 unspecified atom stereocenters. The summed E-state index contributed by atoms with van der Waals surface area (Å²) in [5.41, 5.74) is 0.307. The minimum Gasteiger partial charge on any atom is -0.507 e. The van der Waals surface area contributed by atoms with Gasteiger partial charge in [0, 0.05) is 25.5 Å². The summed E-state index contributed by atoms with van der Waals surface area (Å²) in [4.78, 5) is 12.2. The van der Waals surface area contributed by atoms with Gasteiger partial charge in [0.15, 0.2) is 0 Å². The van der Waals surface area contributed by atoms with E-state index in [1.54, 1.807) is 12.1 Å². The second-order valence-electron chi connectivity index (χ2n) is 4.89. The number of nitrogens with zero attached hydrogens (tertiary/aromatic N) is 1. The number of carbonyl (C=O) groups is 1. The molecule has 0 bridgehead atoms. The van der Waals surface area contributed by atoms with E-state index < -0.39 is 0 Å². The molecule has 2 aromatic carbocycles. The summed E-state index contributed by atoms with van der Waals surface area (Å²) >= 11 is 0. The lowest BCUT2D eigenvalue weighted by molar-refractivity contribution is 0.0950. The van der Waals surface area contributed by atoms with Crippen molar-refractivity contribution in [1.82, 2.24) is 9.88 Å². The van der Waals surface area contributed by atoms with Gasteiger partial charge in [0.2, 0.25) is 0 Å². The maximum absolute atomic E-state index is 12.2. The molecule has 3 rings (SSSR count). The first kappa shape index (κ1) is 13.2. The van der Waals surface area contributed by atoms with Crippen molar-refractivity contribution in [2.45, 2.75) is 6.54 Å². The molecule has 4 nitrogen and oxygen atoms in total. The van der Waals surface area contributed by atoms with Crippen molar-refractivity contribution in [3.63, 3.8) is 0 Å². The van der Waals surface area contributed by atoms with Gasteiger partial charge in [-0.05, 0) is 35.0 Å². The number of amides is 1. The number of fused-ring (bicyclic) bond motifs is 1. The van der Waals surface area contributed by atoms with Crippen LogP contribution in [0.25, 0.3) is 10.8 Å². The van der Waals surface area contributed by atoms with Crippen molar-refractivity contribution in [3.05, 3.63) is 66.5 Å². The summed E-state index contributed by atoms with van der Waals surface area (Å²) in [5.74, 6) is -0.252. The molecule has 0 radical (unpaired) electrons. The highest BCUT2D eigenvalue weighted by atomic mass is 16.3. The highest BCUT2D eigenvalue weighted by Crippen LogP contribution is 2.24. The quantitative estimate of drug-likeness (QED) is 0.772. The zero-order valence-electron chi connectivity index (χ0n) is 11.5. The topological polar surface area (TPSA) is 54.3 Å². The average Bonchev–Trinajstić information content (AvgIpc) is 2.99. The molecular formula is C17H16N2O2. The summed E-state index contributed by atoms with van der Waals surface area (Å²) in [7, 11) is 0. The molecule has 0 spiro atoms. The summed E-state index contributed by atoms with van der Waals surface area (Å²) < 4.78 is 1.99. The monoisotopic (exact) mass is 280 g/mol. The van der Waals surface area contributed by atoms with Crippen molar-refractivity contribution < 1.29 is 9.90 Å². The Morgan fingerprint density at radius 3 is 2.43 bits per heavy atom. The standard InChI is InChI=1S/C17H16N2O2/c20-16-12-14-6-2-1-5-13(14)11-15(16)17(21)18-7-10-19-8-3-4-9-19/h1-6,8-9,11-12,20H,7,10H2,(H,18,21). The van der Waals surface area contributed by atoms with Crippen LogP contribution < -0.4 is 5.32 Å². The number of aromatic nitrogens is 1. The largest absolute Gasteiger partial charge is 0.507 e. The van der Waals surface area contributed by atoms with Crippen molar-refractivity contribution >= 4 is 16.7 Å². The van der Waals surface area contributed by atoms with Gasteiger partial charge >= 0.3 is 0 Å². The number of phenolic OH excluding ortho intramolecular Hbond substituents is 1. The van der Waals surface area contributed by atoms with E-state index in [1.165, 1.54) is 0 Å². The maximum atomic E-state index is 12.2. The SMILES string of the molecule is O=C(NCCn1cccc1)c1cc2ccccc2cc1O. The number of benzene rings is 2. The Labute approximate surface area is 122 Å². The van der Waals surface area contributed by atoms with Crippen molar-refractivity contribution in [2.24, 2.45) is 0 Å². The molecule has 1 heterocycles. The molecule has 0 aliphatic rings. The molecule has 0 aliphatic heterocycles.